The lowest BCUT2D eigenvalue weighted by atomic mass is 9.84. The molecule has 9 nitrogen and oxygen atoms in total. The van der Waals surface area contributed by atoms with Crippen LogP contribution in [0, 0.1) is 10.1 Å². The number of nitro groups is 1. The number of ether oxygens (including phenoxy) is 1. The summed E-state index contributed by atoms with van der Waals surface area (Å²) in [6.07, 6.45) is -0.693. The van der Waals surface area contributed by atoms with Crippen LogP contribution in [0.25, 0.3) is 0 Å². The topological polar surface area (TPSA) is 105 Å². The molecule has 0 unspecified atom stereocenters. The van der Waals surface area contributed by atoms with E-state index in [1.165, 1.54) is 12.1 Å². The van der Waals surface area contributed by atoms with Gasteiger partial charge in [0.25, 0.3) is 11.6 Å². The number of benzene rings is 3. The van der Waals surface area contributed by atoms with E-state index < -0.39 is 28.9 Å². The van der Waals surface area contributed by atoms with E-state index in [-0.39, 0.29) is 18.8 Å². The molecule has 2 aliphatic rings. The van der Waals surface area contributed by atoms with Gasteiger partial charge in [0.1, 0.15) is 12.6 Å². The minimum Gasteiger partial charge on any atom is -0.447 e. The largest absolute Gasteiger partial charge is 0.447 e. The predicted molar refractivity (Wildman–Crippen MR) is 132 cm³/mol. The molecule has 2 aliphatic heterocycles. The molecule has 1 fully saturated rings. The summed E-state index contributed by atoms with van der Waals surface area (Å²) in [7, 11) is 0. The first-order chi connectivity index (χ1) is 16.9. The number of amides is 2. The van der Waals surface area contributed by atoms with Crippen molar-refractivity contribution >= 4 is 45.0 Å². The molecule has 1 saturated heterocycles. The number of carbonyl (C=O) groups excluding carboxylic acids is 2. The van der Waals surface area contributed by atoms with Gasteiger partial charge in [0.15, 0.2) is 0 Å². The second kappa shape index (κ2) is 9.30. The number of carbonyl (C=O) groups is 2. The quantitative estimate of drug-likeness (QED) is 0.346. The maximum atomic E-state index is 13.8. The minimum atomic E-state index is -0.904. The standard InChI is InChI=1S/C25H19BrN4O5/c26-18-8-12-19(13-9-18)29-23(24(31)28-14-15-35-25(28)32)21(16-6-10-20(11-7-16)30(33)34)22(27-29)17-4-2-1-3-5-17/h1-13,21,23H,14-15H2/t21-,23-/m0/s1. The number of imide groups is 1. The number of rotatable bonds is 5. The minimum absolute atomic E-state index is 0.0549. The summed E-state index contributed by atoms with van der Waals surface area (Å²) in [6, 6.07) is 22.0. The van der Waals surface area contributed by atoms with Crippen LogP contribution in [0.4, 0.5) is 16.2 Å². The number of anilines is 1. The average Bonchev–Trinajstić information content (AvgIpc) is 3.49. The lowest BCUT2D eigenvalue weighted by molar-refractivity contribution is -0.384. The van der Waals surface area contributed by atoms with E-state index >= 15 is 0 Å². The number of hydrogen-bond donors (Lipinski definition) is 0. The van der Waals surface area contributed by atoms with Gasteiger partial charge in [-0.25, -0.2) is 9.69 Å². The third kappa shape index (κ3) is 4.28. The highest BCUT2D eigenvalue weighted by Gasteiger charge is 2.48. The first-order valence-electron chi connectivity index (χ1n) is 10.9. The van der Waals surface area contributed by atoms with Gasteiger partial charge < -0.3 is 4.74 Å². The second-order valence-electron chi connectivity index (χ2n) is 8.05. The molecular weight excluding hydrogens is 516 g/mol. The fourth-order valence-corrected chi connectivity index (χ4v) is 4.60. The van der Waals surface area contributed by atoms with Gasteiger partial charge in [-0.3, -0.25) is 19.9 Å². The fraction of sp³-hybridized carbons (Fsp3) is 0.160. The normalized spacial score (nSPS) is 19.5. The second-order valence-corrected chi connectivity index (χ2v) is 8.96. The Hall–Kier alpha value is -4.05. The van der Waals surface area contributed by atoms with Crippen LogP contribution in [0.1, 0.15) is 17.0 Å². The molecule has 35 heavy (non-hydrogen) atoms. The van der Waals surface area contributed by atoms with E-state index in [1.807, 2.05) is 54.6 Å². The van der Waals surface area contributed by atoms with Crippen molar-refractivity contribution in [3.05, 3.63) is 105 Å². The molecule has 3 aromatic rings. The zero-order valence-electron chi connectivity index (χ0n) is 18.3. The van der Waals surface area contributed by atoms with Crippen molar-refractivity contribution < 1.29 is 19.2 Å². The third-order valence-corrected chi connectivity index (χ3v) is 6.52. The molecule has 176 valence electrons. The predicted octanol–water partition coefficient (Wildman–Crippen LogP) is 4.71. The van der Waals surface area contributed by atoms with Crippen LogP contribution < -0.4 is 5.01 Å². The third-order valence-electron chi connectivity index (χ3n) is 5.99. The molecule has 0 saturated carbocycles. The van der Waals surface area contributed by atoms with Crippen molar-refractivity contribution in [3.8, 4) is 0 Å². The van der Waals surface area contributed by atoms with Crippen LogP contribution in [0.5, 0.6) is 0 Å². The summed E-state index contributed by atoms with van der Waals surface area (Å²) in [5.41, 5.74) is 2.70. The van der Waals surface area contributed by atoms with Gasteiger partial charge >= 0.3 is 6.09 Å². The van der Waals surface area contributed by atoms with Crippen LogP contribution in [0.2, 0.25) is 0 Å². The highest BCUT2D eigenvalue weighted by molar-refractivity contribution is 9.10. The maximum Gasteiger partial charge on any atom is 0.416 e. The summed E-state index contributed by atoms with van der Waals surface area (Å²) in [5, 5.41) is 17.7. The zero-order valence-corrected chi connectivity index (χ0v) is 19.9. The number of nitro benzene ring substituents is 1. The van der Waals surface area contributed by atoms with Crippen LogP contribution in [0.15, 0.2) is 88.4 Å². The van der Waals surface area contributed by atoms with E-state index in [9.17, 15) is 19.7 Å². The smallest absolute Gasteiger partial charge is 0.416 e. The Morgan fingerprint density at radius 2 is 1.71 bits per heavy atom. The lowest BCUT2D eigenvalue weighted by Crippen LogP contribution is -2.48. The van der Waals surface area contributed by atoms with E-state index in [0.717, 1.165) is 14.9 Å². The molecule has 0 aromatic heterocycles. The summed E-state index contributed by atoms with van der Waals surface area (Å²) >= 11 is 3.43. The van der Waals surface area contributed by atoms with E-state index in [4.69, 9.17) is 9.84 Å². The van der Waals surface area contributed by atoms with Gasteiger partial charge in [-0.2, -0.15) is 5.10 Å². The van der Waals surface area contributed by atoms with Crippen molar-refractivity contribution in [2.24, 2.45) is 5.10 Å². The molecule has 0 N–H and O–H groups in total. The number of cyclic esters (lactones) is 1. The van der Waals surface area contributed by atoms with E-state index in [0.29, 0.717) is 17.0 Å². The molecule has 2 atom stereocenters. The Labute approximate surface area is 208 Å². The number of hydrogen-bond acceptors (Lipinski definition) is 7. The Morgan fingerprint density at radius 3 is 2.31 bits per heavy atom. The van der Waals surface area contributed by atoms with Gasteiger partial charge in [-0.05, 0) is 35.4 Å². The summed E-state index contributed by atoms with van der Waals surface area (Å²) in [6.45, 7) is 0.278. The van der Waals surface area contributed by atoms with Crippen LogP contribution in [-0.2, 0) is 9.53 Å². The average molecular weight is 535 g/mol. The van der Waals surface area contributed by atoms with Gasteiger partial charge in [0.2, 0.25) is 0 Å². The highest BCUT2D eigenvalue weighted by Crippen LogP contribution is 2.39. The lowest BCUT2D eigenvalue weighted by Gasteiger charge is -2.29. The van der Waals surface area contributed by atoms with Crippen LogP contribution in [0.3, 0.4) is 0 Å². The number of nitrogens with zero attached hydrogens (tertiary/aromatic N) is 4. The molecule has 0 aliphatic carbocycles. The van der Waals surface area contributed by atoms with E-state index in [1.54, 1.807) is 17.1 Å². The Kier molecular flexibility index (Phi) is 6.04. The van der Waals surface area contributed by atoms with Crippen molar-refractivity contribution in [3.63, 3.8) is 0 Å². The van der Waals surface area contributed by atoms with Gasteiger partial charge in [-0.15, -0.1) is 0 Å². The molecule has 0 radical (unpaired) electrons. The monoisotopic (exact) mass is 534 g/mol. The Morgan fingerprint density at radius 1 is 1.03 bits per heavy atom. The molecule has 2 heterocycles. The first kappa shape index (κ1) is 22.7. The van der Waals surface area contributed by atoms with Gasteiger partial charge in [0, 0.05) is 16.6 Å². The number of halogens is 1. The van der Waals surface area contributed by atoms with E-state index in [2.05, 4.69) is 15.9 Å². The number of non-ortho nitro benzene ring substituents is 1. The van der Waals surface area contributed by atoms with Crippen molar-refractivity contribution in [1.29, 1.82) is 0 Å². The Balaban J connectivity index is 1.67. The maximum absolute atomic E-state index is 13.8. The van der Waals surface area contributed by atoms with Crippen molar-refractivity contribution in [1.82, 2.24) is 4.90 Å². The van der Waals surface area contributed by atoms with Gasteiger partial charge in [-0.1, -0.05) is 58.4 Å². The molecule has 2 amide bonds. The summed E-state index contributed by atoms with van der Waals surface area (Å²) < 4.78 is 5.89. The molecular formula is C25H19BrN4O5. The molecule has 3 aromatic carbocycles. The van der Waals surface area contributed by atoms with Crippen LogP contribution >= 0.6 is 15.9 Å². The SMILES string of the molecule is O=C1OCCN1C(=O)[C@@H]1[C@@H](c2ccc([N+](=O)[O-])cc2)C(c2ccccc2)=NN1c1ccc(Br)cc1. The number of hydrazone groups is 1. The van der Waals surface area contributed by atoms with Crippen molar-refractivity contribution in [2.75, 3.05) is 18.2 Å². The highest BCUT2D eigenvalue weighted by atomic mass is 79.9. The van der Waals surface area contributed by atoms with Gasteiger partial charge in [0.05, 0.1) is 28.8 Å². The molecule has 5 rings (SSSR count). The molecule has 10 heteroatoms. The first-order valence-corrected chi connectivity index (χ1v) is 11.6. The molecule has 0 spiro atoms. The molecule has 0 bridgehead atoms. The van der Waals surface area contributed by atoms with Crippen LogP contribution in [-0.4, -0.2) is 46.7 Å². The fourth-order valence-electron chi connectivity index (χ4n) is 4.33. The Bertz CT molecular complexity index is 1310. The summed E-state index contributed by atoms with van der Waals surface area (Å²) in [4.78, 5) is 38.0. The summed E-state index contributed by atoms with van der Waals surface area (Å²) in [5.74, 6) is -1.05. The zero-order chi connectivity index (χ0) is 24.5. The van der Waals surface area contributed by atoms with Crippen molar-refractivity contribution in [2.45, 2.75) is 12.0 Å².